The van der Waals surface area contributed by atoms with E-state index in [0.717, 1.165) is 49.9 Å². The minimum atomic E-state index is 0.169. The van der Waals surface area contributed by atoms with Gasteiger partial charge in [-0.15, -0.1) is 0 Å². The van der Waals surface area contributed by atoms with Crippen LogP contribution in [0.15, 0.2) is 42.5 Å². The standard InChI is InChI=1S/C23H26N2O.CH4N2O/c1-3-17-7-10-22(19(4-2)15-17)23(26)25-13-11-21(12-14-25)20-8-5-18(16-24)6-9-20;2-3-1-4/h5-10,15,21H,3-4,11-14H2,1-2H3;1H,2H2,(H,3,4). The molecule has 2 aromatic rings. The first-order chi connectivity index (χ1) is 14.6. The topological polar surface area (TPSA) is 99.2 Å². The first kappa shape index (κ1) is 23.1. The molecular formula is C24H30N4O2. The molecule has 158 valence electrons. The molecule has 1 heterocycles. The van der Waals surface area contributed by atoms with Gasteiger partial charge in [-0.2, -0.15) is 5.26 Å². The number of likely N-dealkylation sites (tertiary alicyclic amines) is 1. The van der Waals surface area contributed by atoms with Gasteiger partial charge in [0.1, 0.15) is 0 Å². The van der Waals surface area contributed by atoms with Crippen LogP contribution in [0, 0.1) is 11.3 Å². The fourth-order valence-electron chi connectivity index (χ4n) is 3.78. The summed E-state index contributed by atoms with van der Waals surface area (Å²) in [7, 11) is 0. The van der Waals surface area contributed by atoms with Crippen LogP contribution in [0.5, 0.6) is 0 Å². The average Bonchev–Trinajstić information content (AvgIpc) is 2.83. The summed E-state index contributed by atoms with van der Waals surface area (Å²) < 4.78 is 0. The van der Waals surface area contributed by atoms with Gasteiger partial charge in [0.2, 0.25) is 6.41 Å². The number of nitriles is 1. The highest BCUT2D eigenvalue weighted by Crippen LogP contribution is 2.29. The first-order valence-electron chi connectivity index (χ1n) is 10.4. The summed E-state index contributed by atoms with van der Waals surface area (Å²) >= 11 is 0. The van der Waals surface area contributed by atoms with E-state index in [0.29, 0.717) is 17.9 Å². The van der Waals surface area contributed by atoms with Gasteiger partial charge in [0.05, 0.1) is 11.6 Å². The van der Waals surface area contributed by atoms with Crippen LogP contribution >= 0.6 is 0 Å². The van der Waals surface area contributed by atoms with Gasteiger partial charge in [-0.05, 0) is 66.5 Å². The number of hydrogen-bond donors (Lipinski definition) is 2. The Kier molecular flexibility index (Phi) is 9.04. The van der Waals surface area contributed by atoms with Crippen LogP contribution < -0.4 is 11.3 Å². The van der Waals surface area contributed by atoms with E-state index in [9.17, 15) is 4.79 Å². The quantitative estimate of drug-likeness (QED) is 0.344. The lowest BCUT2D eigenvalue weighted by Crippen LogP contribution is -2.38. The Morgan fingerprint density at radius 2 is 1.80 bits per heavy atom. The van der Waals surface area contributed by atoms with Gasteiger partial charge in [0.15, 0.2) is 0 Å². The molecule has 0 atom stereocenters. The molecule has 6 heteroatoms. The highest BCUT2D eigenvalue weighted by atomic mass is 16.2. The van der Waals surface area contributed by atoms with Crippen molar-refractivity contribution < 1.29 is 9.59 Å². The third-order valence-electron chi connectivity index (χ3n) is 5.55. The fraction of sp³-hybridized carbons (Fsp3) is 0.375. The van der Waals surface area contributed by atoms with E-state index < -0.39 is 0 Å². The number of nitrogens with two attached hydrogens (primary N) is 1. The van der Waals surface area contributed by atoms with E-state index >= 15 is 0 Å². The molecule has 0 bridgehead atoms. The molecule has 0 radical (unpaired) electrons. The molecule has 1 fully saturated rings. The third kappa shape index (κ3) is 5.91. The number of amides is 2. The summed E-state index contributed by atoms with van der Waals surface area (Å²) in [6.07, 6.45) is 4.24. The predicted molar refractivity (Wildman–Crippen MR) is 118 cm³/mol. The van der Waals surface area contributed by atoms with Gasteiger partial charge in [0.25, 0.3) is 5.91 Å². The fourth-order valence-corrected chi connectivity index (χ4v) is 3.78. The van der Waals surface area contributed by atoms with Gasteiger partial charge >= 0.3 is 0 Å². The number of hydrogen-bond acceptors (Lipinski definition) is 4. The van der Waals surface area contributed by atoms with Gasteiger partial charge in [-0.25, -0.2) is 5.84 Å². The lowest BCUT2D eigenvalue weighted by Gasteiger charge is -2.32. The first-order valence-corrected chi connectivity index (χ1v) is 10.4. The average molecular weight is 407 g/mol. The molecular weight excluding hydrogens is 376 g/mol. The van der Waals surface area contributed by atoms with Crippen molar-refractivity contribution in [3.8, 4) is 6.07 Å². The highest BCUT2D eigenvalue weighted by molar-refractivity contribution is 5.95. The van der Waals surface area contributed by atoms with Crippen molar-refractivity contribution in [2.45, 2.75) is 45.4 Å². The second-order valence-electron chi connectivity index (χ2n) is 7.28. The number of carbonyl (C=O) groups excluding carboxylic acids is 2. The molecule has 1 saturated heterocycles. The number of carbonyl (C=O) groups is 2. The number of benzene rings is 2. The number of nitrogens with zero attached hydrogens (tertiary/aromatic N) is 2. The summed E-state index contributed by atoms with van der Waals surface area (Å²) in [5.41, 5.74) is 7.03. The SMILES string of the molecule is CCc1ccc(C(=O)N2CCC(c3ccc(C#N)cc3)CC2)c(CC)c1.NNC=O. The maximum atomic E-state index is 13.0. The molecule has 6 nitrogen and oxygen atoms in total. The zero-order chi connectivity index (χ0) is 21.9. The number of rotatable bonds is 5. The Morgan fingerprint density at radius 1 is 1.17 bits per heavy atom. The Morgan fingerprint density at radius 3 is 2.30 bits per heavy atom. The van der Waals surface area contributed by atoms with E-state index in [1.807, 2.05) is 23.1 Å². The maximum Gasteiger partial charge on any atom is 0.254 e. The van der Waals surface area contributed by atoms with Crippen molar-refractivity contribution in [1.82, 2.24) is 10.3 Å². The second-order valence-corrected chi connectivity index (χ2v) is 7.28. The van der Waals surface area contributed by atoms with E-state index in [1.54, 1.807) is 5.43 Å². The van der Waals surface area contributed by atoms with E-state index in [1.165, 1.54) is 11.1 Å². The van der Waals surface area contributed by atoms with E-state index in [-0.39, 0.29) is 5.91 Å². The molecule has 2 amide bonds. The zero-order valence-corrected chi connectivity index (χ0v) is 17.7. The molecule has 1 aliphatic heterocycles. The normalized spacial score (nSPS) is 13.6. The Bertz CT molecular complexity index is 879. The van der Waals surface area contributed by atoms with E-state index in [2.05, 4.69) is 50.0 Å². The molecule has 0 aliphatic carbocycles. The molecule has 0 aromatic heterocycles. The Balaban J connectivity index is 0.000000735. The van der Waals surface area contributed by atoms with Crippen LogP contribution in [0.1, 0.15) is 65.2 Å². The molecule has 30 heavy (non-hydrogen) atoms. The smallest absolute Gasteiger partial charge is 0.254 e. The number of nitrogens with one attached hydrogen (secondary N) is 1. The molecule has 0 spiro atoms. The number of hydrazine groups is 1. The van der Waals surface area contributed by atoms with Crippen molar-refractivity contribution in [2.75, 3.05) is 13.1 Å². The third-order valence-corrected chi connectivity index (χ3v) is 5.55. The number of aryl methyl sites for hydroxylation is 2. The van der Waals surface area contributed by atoms with Gasteiger partial charge in [0, 0.05) is 18.7 Å². The molecule has 0 saturated carbocycles. The van der Waals surface area contributed by atoms with Gasteiger partial charge in [-0.3, -0.25) is 15.0 Å². The van der Waals surface area contributed by atoms with Crippen LogP contribution in [0.25, 0.3) is 0 Å². The summed E-state index contributed by atoms with van der Waals surface area (Å²) in [5, 5.41) is 8.92. The predicted octanol–water partition coefficient (Wildman–Crippen LogP) is 3.31. The van der Waals surface area contributed by atoms with Crippen LogP contribution in [0.2, 0.25) is 0 Å². The van der Waals surface area contributed by atoms with Crippen LogP contribution in [0.4, 0.5) is 0 Å². The molecule has 3 rings (SSSR count). The van der Waals surface area contributed by atoms with Gasteiger partial charge < -0.3 is 4.90 Å². The van der Waals surface area contributed by atoms with Crippen molar-refractivity contribution >= 4 is 12.3 Å². The molecule has 2 aromatic carbocycles. The zero-order valence-electron chi connectivity index (χ0n) is 17.7. The Labute approximate surface area is 178 Å². The van der Waals surface area contributed by atoms with Crippen molar-refractivity contribution in [3.05, 3.63) is 70.3 Å². The van der Waals surface area contributed by atoms with Crippen molar-refractivity contribution in [3.63, 3.8) is 0 Å². The van der Waals surface area contributed by atoms with Crippen LogP contribution in [-0.2, 0) is 17.6 Å². The highest BCUT2D eigenvalue weighted by Gasteiger charge is 2.25. The summed E-state index contributed by atoms with van der Waals surface area (Å²) in [6.45, 7) is 5.84. The summed E-state index contributed by atoms with van der Waals surface area (Å²) in [4.78, 5) is 23.9. The second kappa shape index (κ2) is 11.7. The molecule has 1 aliphatic rings. The minimum Gasteiger partial charge on any atom is -0.339 e. The Hall–Kier alpha value is -3.17. The molecule has 0 unspecified atom stereocenters. The number of piperidine rings is 1. The lowest BCUT2D eigenvalue weighted by atomic mass is 9.88. The van der Waals surface area contributed by atoms with Crippen LogP contribution in [-0.4, -0.2) is 30.3 Å². The largest absolute Gasteiger partial charge is 0.339 e. The monoisotopic (exact) mass is 406 g/mol. The van der Waals surface area contributed by atoms with E-state index in [4.69, 9.17) is 10.1 Å². The van der Waals surface area contributed by atoms with Crippen molar-refractivity contribution in [2.24, 2.45) is 5.84 Å². The molecule has 3 N–H and O–H groups in total. The minimum absolute atomic E-state index is 0.169. The lowest BCUT2D eigenvalue weighted by molar-refractivity contribution is -0.109. The van der Waals surface area contributed by atoms with Gasteiger partial charge in [-0.1, -0.05) is 38.1 Å². The summed E-state index contributed by atoms with van der Waals surface area (Å²) in [5.74, 6) is 5.05. The summed E-state index contributed by atoms with van der Waals surface area (Å²) in [6, 6.07) is 16.3. The van der Waals surface area contributed by atoms with Crippen LogP contribution in [0.3, 0.4) is 0 Å². The van der Waals surface area contributed by atoms with Crippen molar-refractivity contribution in [1.29, 1.82) is 5.26 Å². The maximum absolute atomic E-state index is 13.0.